The highest BCUT2D eigenvalue weighted by molar-refractivity contribution is 7.05. The molecule has 2 rings (SSSR count). The van der Waals surface area contributed by atoms with E-state index in [-0.39, 0.29) is 5.56 Å². The molecule has 0 saturated carbocycles. The van der Waals surface area contributed by atoms with Crippen LogP contribution in [0.2, 0.25) is 0 Å². The van der Waals surface area contributed by atoms with Crippen molar-refractivity contribution in [3.63, 3.8) is 0 Å². The Hall–Kier alpha value is -1.47. The Morgan fingerprint density at radius 3 is 2.65 bits per heavy atom. The van der Waals surface area contributed by atoms with Crippen LogP contribution < -0.4 is 5.32 Å². The van der Waals surface area contributed by atoms with Crippen LogP contribution in [0.5, 0.6) is 0 Å². The van der Waals surface area contributed by atoms with E-state index in [1.165, 1.54) is 6.07 Å². The number of hydrogen-bond acceptors (Lipinski definition) is 4. The van der Waals surface area contributed by atoms with E-state index in [1.807, 2.05) is 6.92 Å². The molecule has 0 aliphatic carbocycles. The van der Waals surface area contributed by atoms with Gasteiger partial charge >= 0.3 is 0 Å². The molecule has 0 amide bonds. The third-order valence-corrected chi connectivity index (χ3v) is 3.83. The summed E-state index contributed by atoms with van der Waals surface area (Å²) in [5.74, 6) is -3.84. The topological polar surface area (TPSA) is 37.8 Å². The van der Waals surface area contributed by atoms with Gasteiger partial charge in [-0.1, -0.05) is 23.9 Å². The quantitative estimate of drug-likeness (QED) is 0.862. The third-order valence-electron chi connectivity index (χ3n) is 3.00. The summed E-state index contributed by atoms with van der Waals surface area (Å²) < 4.78 is 44.2. The number of benzene rings is 1. The van der Waals surface area contributed by atoms with Crippen molar-refractivity contribution in [3.8, 4) is 0 Å². The van der Waals surface area contributed by atoms with E-state index in [2.05, 4.69) is 14.9 Å². The second-order valence-electron chi connectivity index (χ2n) is 4.32. The van der Waals surface area contributed by atoms with Crippen LogP contribution in [0, 0.1) is 17.5 Å². The predicted molar refractivity (Wildman–Crippen MR) is 71.1 cm³/mol. The Balaban J connectivity index is 2.47. The minimum Gasteiger partial charge on any atom is -0.308 e. The lowest BCUT2D eigenvalue weighted by Gasteiger charge is -2.17. The van der Waals surface area contributed by atoms with Gasteiger partial charge < -0.3 is 5.32 Å². The van der Waals surface area contributed by atoms with E-state index in [0.29, 0.717) is 6.42 Å². The Morgan fingerprint density at radius 1 is 1.25 bits per heavy atom. The summed E-state index contributed by atoms with van der Waals surface area (Å²) in [6.45, 7) is 2.00. The normalized spacial score (nSPS) is 12.7. The number of halogens is 3. The first-order valence-corrected chi connectivity index (χ1v) is 6.99. The van der Waals surface area contributed by atoms with Crippen LogP contribution in [0.1, 0.15) is 35.5 Å². The summed E-state index contributed by atoms with van der Waals surface area (Å²) in [7, 11) is 1.63. The first kappa shape index (κ1) is 14.9. The van der Waals surface area contributed by atoms with E-state index in [9.17, 15) is 13.2 Å². The maximum atomic E-state index is 13.9. The molecule has 7 heteroatoms. The largest absolute Gasteiger partial charge is 0.308 e. The van der Waals surface area contributed by atoms with Gasteiger partial charge in [-0.3, -0.25) is 0 Å². The summed E-state index contributed by atoms with van der Waals surface area (Å²) in [6, 6.07) is 1.57. The lowest BCUT2D eigenvalue weighted by molar-refractivity contribution is 0.435. The Bertz CT molecular complexity index is 601. The Labute approximate surface area is 119 Å². The molecule has 1 unspecified atom stereocenters. The molecule has 0 saturated heterocycles. The van der Waals surface area contributed by atoms with Gasteiger partial charge in [0.15, 0.2) is 17.5 Å². The number of nitrogens with one attached hydrogen (secondary N) is 1. The van der Waals surface area contributed by atoms with Crippen LogP contribution in [-0.4, -0.2) is 16.6 Å². The van der Waals surface area contributed by atoms with Gasteiger partial charge in [-0.15, -0.1) is 5.10 Å². The summed E-state index contributed by atoms with van der Waals surface area (Å²) >= 11 is 1.13. The molecule has 3 nitrogen and oxygen atoms in total. The van der Waals surface area contributed by atoms with E-state index < -0.39 is 23.5 Å². The number of rotatable bonds is 5. The van der Waals surface area contributed by atoms with Crippen molar-refractivity contribution in [1.29, 1.82) is 0 Å². The standard InChI is InChI=1S/C13H14F3N3S/c1-3-4-9-13(20-19-18-9)12(17-2)7-5-6-8(14)11(16)10(7)15/h5-6,12,17H,3-4H2,1-2H3. The smallest absolute Gasteiger partial charge is 0.194 e. The Kier molecular flexibility index (Phi) is 4.72. The molecule has 1 N–H and O–H groups in total. The monoisotopic (exact) mass is 301 g/mol. The maximum Gasteiger partial charge on any atom is 0.194 e. The zero-order chi connectivity index (χ0) is 14.7. The minimum atomic E-state index is -1.46. The van der Waals surface area contributed by atoms with Gasteiger partial charge in [-0.25, -0.2) is 13.2 Å². The first-order valence-electron chi connectivity index (χ1n) is 6.21. The molecule has 0 fully saturated rings. The fourth-order valence-electron chi connectivity index (χ4n) is 2.04. The molecule has 20 heavy (non-hydrogen) atoms. The summed E-state index contributed by atoms with van der Waals surface area (Å²) in [4.78, 5) is 0.722. The molecule has 1 aromatic heterocycles. The van der Waals surface area contributed by atoms with Crippen molar-refractivity contribution >= 4 is 11.5 Å². The molecular weight excluding hydrogens is 287 g/mol. The number of hydrogen-bond donors (Lipinski definition) is 1. The van der Waals surface area contributed by atoms with Gasteiger partial charge in [-0.2, -0.15) is 0 Å². The third kappa shape index (κ3) is 2.69. The second-order valence-corrected chi connectivity index (χ2v) is 5.11. The van der Waals surface area contributed by atoms with Crippen molar-refractivity contribution in [2.24, 2.45) is 0 Å². The van der Waals surface area contributed by atoms with Crippen LogP contribution >= 0.6 is 11.5 Å². The van der Waals surface area contributed by atoms with E-state index in [0.717, 1.165) is 34.6 Å². The molecule has 0 aliphatic rings. The van der Waals surface area contributed by atoms with Gasteiger partial charge in [0.25, 0.3) is 0 Å². The highest BCUT2D eigenvalue weighted by Gasteiger charge is 2.25. The summed E-state index contributed by atoms with van der Waals surface area (Å²) in [6.07, 6.45) is 1.57. The van der Waals surface area contributed by atoms with Crippen LogP contribution in [0.4, 0.5) is 13.2 Å². The molecule has 1 aromatic carbocycles. The van der Waals surface area contributed by atoms with Crippen molar-refractivity contribution in [1.82, 2.24) is 14.9 Å². The van der Waals surface area contributed by atoms with E-state index in [4.69, 9.17) is 0 Å². The number of aromatic nitrogens is 2. The SMILES string of the molecule is CCCc1nnsc1C(NC)c1ccc(F)c(F)c1F. The maximum absolute atomic E-state index is 13.9. The average Bonchev–Trinajstić information content (AvgIpc) is 2.88. The fourth-order valence-corrected chi connectivity index (χ4v) is 2.86. The molecule has 0 spiro atoms. The molecule has 0 aliphatic heterocycles. The number of nitrogens with zero attached hydrogens (tertiary/aromatic N) is 2. The molecule has 0 bridgehead atoms. The van der Waals surface area contributed by atoms with Crippen molar-refractivity contribution < 1.29 is 13.2 Å². The van der Waals surface area contributed by atoms with Crippen LogP contribution in [0.15, 0.2) is 12.1 Å². The average molecular weight is 301 g/mol. The van der Waals surface area contributed by atoms with Crippen molar-refractivity contribution in [2.75, 3.05) is 7.05 Å². The molecule has 1 heterocycles. The highest BCUT2D eigenvalue weighted by Crippen LogP contribution is 2.30. The van der Waals surface area contributed by atoms with Gasteiger partial charge in [0.1, 0.15) is 0 Å². The van der Waals surface area contributed by atoms with Crippen LogP contribution in [0.3, 0.4) is 0 Å². The molecular formula is C13H14F3N3S. The zero-order valence-electron chi connectivity index (χ0n) is 11.1. The minimum absolute atomic E-state index is 0.0507. The van der Waals surface area contributed by atoms with E-state index >= 15 is 0 Å². The lowest BCUT2D eigenvalue weighted by atomic mass is 10.0. The van der Waals surface area contributed by atoms with Crippen LogP contribution in [0.25, 0.3) is 0 Å². The van der Waals surface area contributed by atoms with Crippen molar-refractivity contribution in [2.45, 2.75) is 25.8 Å². The molecule has 108 valence electrons. The van der Waals surface area contributed by atoms with Gasteiger partial charge in [0.2, 0.25) is 0 Å². The molecule has 0 radical (unpaired) electrons. The summed E-state index contributed by atoms with van der Waals surface area (Å²) in [5.41, 5.74) is 0.802. The fraction of sp³-hybridized carbons (Fsp3) is 0.385. The van der Waals surface area contributed by atoms with Gasteiger partial charge in [0, 0.05) is 5.56 Å². The summed E-state index contributed by atoms with van der Waals surface area (Å²) in [5, 5.41) is 6.92. The second kappa shape index (κ2) is 6.32. The first-order chi connectivity index (χ1) is 9.60. The molecule has 2 aromatic rings. The highest BCUT2D eigenvalue weighted by atomic mass is 32.1. The number of aryl methyl sites for hydroxylation is 1. The van der Waals surface area contributed by atoms with Gasteiger partial charge in [0.05, 0.1) is 16.6 Å². The van der Waals surface area contributed by atoms with Crippen molar-refractivity contribution in [3.05, 3.63) is 45.7 Å². The van der Waals surface area contributed by atoms with E-state index in [1.54, 1.807) is 7.05 Å². The Morgan fingerprint density at radius 2 is 2.00 bits per heavy atom. The van der Waals surface area contributed by atoms with Gasteiger partial charge in [-0.05, 0) is 31.1 Å². The lowest BCUT2D eigenvalue weighted by Crippen LogP contribution is -2.20. The molecule has 1 atom stereocenters. The van der Waals surface area contributed by atoms with Crippen LogP contribution in [-0.2, 0) is 6.42 Å². The zero-order valence-corrected chi connectivity index (χ0v) is 11.9. The predicted octanol–water partition coefficient (Wildman–Crippen LogP) is 3.22.